The van der Waals surface area contributed by atoms with E-state index in [0.717, 1.165) is 39.3 Å². The van der Waals surface area contributed by atoms with Crippen LogP contribution in [-0.4, -0.2) is 45.3 Å². The van der Waals surface area contributed by atoms with Crippen LogP contribution >= 0.6 is 0 Å². The summed E-state index contributed by atoms with van der Waals surface area (Å²) in [6.45, 7) is 10.1. The van der Waals surface area contributed by atoms with Crippen LogP contribution in [0.15, 0.2) is 0 Å². The molecular formula is C10H26N4. The Labute approximate surface area is 88.0 Å². The molecule has 14 heavy (non-hydrogen) atoms. The summed E-state index contributed by atoms with van der Waals surface area (Å²) in [5.41, 5.74) is 5.35. The monoisotopic (exact) mass is 202 g/mol. The molecule has 4 heteroatoms. The van der Waals surface area contributed by atoms with Crippen LogP contribution in [0.25, 0.3) is 0 Å². The second kappa shape index (κ2) is 10.9. The van der Waals surface area contributed by atoms with Crippen LogP contribution < -0.4 is 21.7 Å². The van der Waals surface area contributed by atoms with Crippen molar-refractivity contribution in [3.63, 3.8) is 0 Å². The molecule has 4 nitrogen and oxygen atoms in total. The molecule has 1 atom stereocenters. The van der Waals surface area contributed by atoms with Crippen LogP contribution in [0.4, 0.5) is 0 Å². The molecule has 0 fully saturated rings. The molecule has 0 aliphatic carbocycles. The van der Waals surface area contributed by atoms with Crippen molar-refractivity contribution in [3.05, 3.63) is 0 Å². The molecule has 0 amide bonds. The minimum Gasteiger partial charge on any atom is -0.329 e. The summed E-state index contributed by atoms with van der Waals surface area (Å²) in [6.07, 6.45) is 1.19. The van der Waals surface area contributed by atoms with Gasteiger partial charge in [-0.1, -0.05) is 6.92 Å². The Morgan fingerprint density at radius 1 is 1.00 bits per heavy atom. The highest BCUT2D eigenvalue weighted by molar-refractivity contribution is 4.59. The van der Waals surface area contributed by atoms with E-state index in [9.17, 15) is 0 Å². The fraction of sp³-hybridized carbons (Fsp3) is 1.00. The molecule has 5 N–H and O–H groups in total. The van der Waals surface area contributed by atoms with Crippen molar-refractivity contribution >= 4 is 0 Å². The average molecular weight is 202 g/mol. The topological polar surface area (TPSA) is 62.1 Å². The van der Waals surface area contributed by atoms with E-state index in [0.29, 0.717) is 6.04 Å². The average Bonchev–Trinajstić information content (AvgIpc) is 2.21. The fourth-order valence-electron chi connectivity index (χ4n) is 1.08. The first kappa shape index (κ1) is 13.8. The molecule has 86 valence electrons. The quantitative estimate of drug-likeness (QED) is 0.361. The van der Waals surface area contributed by atoms with E-state index in [1.54, 1.807) is 0 Å². The van der Waals surface area contributed by atoms with Crippen LogP contribution in [0.1, 0.15) is 20.3 Å². The molecule has 0 saturated heterocycles. The minimum atomic E-state index is 0.632. The third kappa shape index (κ3) is 9.92. The van der Waals surface area contributed by atoms with Crippen LogP contribution in [0.3, 0.4) is 0 Å². The minimum absolute atomic E-state index is 0.632. The maximum absolute atomic E-state index is 5.35. The molecule has 0 saturated carbocycles. The van der Waals surface area contributed by atoms with Gasteiger partial charge in [-0.05, 0) is 13.3 Å². The largest absolute Gasteiger partial charge is 0.329 e. The van der Waals surface area contributed by atoms with Gasteiger partial charge in [0, 0.05) is 45.3 Å². The standard InChI is InChI=1S/C10H26N4/c1-3-10(2)14-9-8-13-7-6-12-5-4-11/h10,12-14H,3-9,11H2,1-2H3. The van der Waals surface area contributed by atoms with Gasteiger partial charge in [-0.2, -0.15) is 0 Å². The van der Waals surface area contributed by atoms with Crippen molar-refractivity contribution in [1.29, 1.82) is 0 Å². The van der Waals surface area contributed by atoms with E-state index < -0.39 is 0 Å². The summed E-state index contributed by atoms with van der Waals surface area (Å²) < 4.78 is 0. The van der Waals surface area contributed by atoms with Gasteiger partial charge >= 0.3 is 0 Å². The Morgan fingerprint density at radius 3 is 2.14 bits per heavy atom. The van der Waals surface area contributed by atoms with E-state index in [1.165, 1.54) is 6.42 Å². The van der Waals surface area contributed by atoms with Crippen molar-refractivity contribution in [2.45, 2.75) is 26.3 Å². The SMILES string of the molecule is CCC(C)NCCNCCNCCN. The molecule has 0 aliphatic rings. The van der Waals surface area contributed by atoms with Crippen molar-refractivity contribution in [2.24, 2.45) is 5.73 Å². The van der Waals surface area contributed by atoms with Crippen LogP contribution in [0.5, 0.6) is 0 Å². The van der Waals surface area contributed by atoms with Crippen LogP contribution in [0, 0.1) is 0 Å². The molecule has 0 rings (SSSR count). The summed E-state index contributed by atoms with van der Waals surface area (Å²) >= 11 is 0. The molecule has 0 spiro atoms. The normalized spacial score (nSPS) is 13.1. The maximum atomic E-state index is 5.35. The lowest BCUT2D eigenvalue weighted by molar-refractivity contribution is 0.513. The molecule has 0 aromatic heterocycles. The summed E-state index contributed by atoms with van der Waals surface area (Å²) in [7, 11) is 0. The summed E-state index contributed by atoms with van der Waals surface area (Å²) in [4.78, 5) is 0. The first-order valence-electron chi connectivity index (χ1n) is 5.66. The number of rotatable bonds is 10. The Balaban J connectivity index is 2.92. The Morgan fingerprint density at radius 2 is 1.57 bits per heavy atom. The van der Waals surface area contributed by atoms with Gasteiger partial charge < -0.3 is 21.7 Å². The maximum Gasteiger partial charge on any atom is 0.00792 e. The number of hydrogen-bond donors (Lipinski definition) is 4. The summed E-state index contributed by atoms with van der Waals surface area (Å²) in [6, 6.07) is 0.632. The lowest BCUT2D eigenvalue weighted by atomic mass is 10.3. The predicted octanol–water partition coefficient (Wildman–Crippen LogP) is -0.488. The van der Waals surface area contributed by atoms with Gasteiger partial charge in [0.05, 0.1) is 0 Å². The van der Waals surface area contributed by atoms with E-state index in [2.05, 4.69) is 29.8 Å². The lowest BCUT2D eigenvalue weighted by Gasteiger charge is -2.11. The molecule has 0 aliphatic heterocycles. The summed E-state index contributed by atoms with van der Waals surface area (Å²) in [5, 5.41) is 10.0. The van der Waals surface area contributed by atoms with Crippen molar-refractivity contribution in [3.8, 4) is 0 Å². The molecule has 0 aromatic rings. The Bertz CT molecular complexity index is 108. The third-order valence-corrected chi connectivity index (χ3v) is 2.21. The molecule has 0 aromatic carbocycles. The van der Waals surface area contributed by atoms with Crippen LogP contribution in [-0.2, 0) is 0 Å². The van der Waals surface area contributed by atoms with Gasteiger partial charge in [0.15, 0.2) is 0 Å². The third-order valence-electron chi connectivity index (χ3n) is 2.21. The van der Waals surface area contributed by atoms with E-state index >= 15 is 0 Å². The highest BCUT2D eigenvalue weighted by Gasteiger charge is 1.94. The number of hydrogen-bond acceptors (Lipinski definition) is 4. The predicted molar refractivity (Wildman–Crippen MR) is 62.5 cm³/mol. The second-order valence-electron chi connectivity index (χ2n) is 3.55. The summed E-state index contributed by atoms with van der Waals surface area (Å²) in [5.74, 6) is 0. The van der Waals surface area contributed by atoms with Crippen molar-refractivity contribution in [1.82, 2.24) is 16.0 Å². The number of nitrogens with one attached hydrogen (secondary N) is 3. The first-order chi connectivity index (χ1) is 6.81. The Kier molecular flexibility index (Phi) is 10.8. The van der Waals surface area contributed by atoms with Crippen molar-refractivity contribution in [2.75, 3.05) is 39.3 Å². The zero-order chi connectivity index (χ0) is 10.6. The fourth-order valence-corrected chi connectivity index (χ4v) is 1.08. The van der Waals surface area contributed by atoms with Gasteiger partial charge in [0.2, 0.25) is 0 Å². The zero-order valence-corrected chi connectivity index (χ0v) is 9.60. The van der Waals surface area contributed by atoms with Gasteiger partial charge in [0.25, 0.3) is 0 Å². The lowest BCUT2D eigenvalue weighted by Crippen LogP contribution is -2.36. The van der Waals surface area contributed by atoms with Crippen molar-refractivity contribution < 1.29 is 0 Å². The Hall–Kier alpha value is -0.160. The molecule has 0 radical (unpaired) electrons. The van der Waals surface area contributed by atoms with E-state index in [4.69, 9.17) is 5.73 Å². The smallest absolute Gasteiger partial charge is 0.00792 e. The molecular weight excluding hydrogens is 176 g/mol. The first-order valence-corrected chi connectivity index (χ1v) is 5.66. The highest BCUT2D eigenvalue weighted by Crippen LogP contribution is 1.84. The number of nitrogens with two attached hydrogens (primary N) is 1. The molecule has 0 heterocycles. The molecule has 0 bridgehead atoms. The van der Waals surface area contributed by atoms with Gasteiger partial charge in [-0.25, -0.2) is 0 Å². The second-order valence-corrected chi connectivity index (χ2v) is 3.55. The van der Waals surface area contributed by atoms with Gasteiger partial charge in [0.1, 0.15) is 0 Å². The van der Waals surface area contributed by atoms with Gasteiger partial charge in [-0.3, -0.25) is 0 Å². The van der Waals surface area contributed by atoms with Crippen LogP contribution in [0.2, 0.25) is 0 Å². The van der Waals surface area contributed by atoms with Gasteiger partial charge in [-0.15, -0.1) is 0 Å². The molecule has 1 unspecified atom stereocenters. The van der Waals surface area contributed by atoms with E-state index in [-0.39, 0.29) is 0 Å². The zero-order valence-electron chi connectivity index (χ0n) is 9.60. The highest BCUT2D eigenvalue weighted by atomic mass is 15.0. The van der Waals surface area contributed by atoms with E-state index in [1.807, 2.05) is 0 Å².